The molecule has 5 nitrogen and oxygen atoms in total. The predicted octanol–water partition coefficient (Wildman–Crippen LogP) is 5.81. The van der Waals surface area contributed by atoms with E-state index >= 15 is 0 Å². The van der Waals surface area contributed by atoms with Gasteiger partial charge in [0.05, 0.1) is 24.0 Å². The molecule has 2 unspecified atom stereocenters. The van der Waals surface area contributed by atoms with E-state index in [0.717, 1.165) is 11.0 Å². The second-order valence-corrected chi connectivity index (χ2v) is 9.72. The summed E-state index contributed by atoms with van der Waals surface area (Å²) in [4.78, 5) is 18.4. The monoisotopic (exact) mass is 455 g/mol. The molecule has 0 aromatic heterocycles. The summed E-state index contributed by atoms with van der Waals surface area (Å²) < 4.78 is 5.75. The number of aliphatic hydroxyl groups is 1. The smallest absolute Gasteiger partial charge is 0.168 e. The van der Waals surface area contributed by atoms with Crippen molar-refractivity contribution >= 4 is 34.9 Å². The fourth-order valence-corrected chi connectivity index (χ4v) is 4.50. The van der Waals surface area contributed by atoms with Crippen LogP contribution in [0, 0.1) is 11.8 Å². The number of nitrogens with zero attached hydrogens (tertiary/aromatic N) is 1. The summed E-state index contributed by atoms with van der Waals surface area (Å²) in [6.07, 6.45) is 9.34. The normalized spacial score (nSPS) is 22.0. The molecule has 0 bridgehead atoms. The van der Waals surface area contributed by atoms with E-state index in [2.05, 4.69) is 5.16 Å². The molecule has 7 heteroatoms. The lowest BCUT2D eigenvalue weighted by atomic mass is 9.85. The Labute approximate surface area is 189 Å². The lowest BCUT2D eigenvalue weighted by Crippen LogP contribution is -2.27. The quantitative estimate of drug-likeness (QED) is 0.216. The summed E-state index contributed by atoms with van der Waals surface area (Å²) >= 11 is 7.46. The van der Waals surface area contributed by atoms with Gasteiger partial charge in [0.1, 0.15) is 12.4 Å². The molecule has 168 valence electrons. The van der Waals surface area contributed by atoms with E-state index in [4.69, 9.17) is 21.2 Å². The van der Waals surface area contributed by atoms with Crippen LogP contribution in [0.5, 0.6) is 0 Å². The van der Waals surface area contributed by atoms with Crippen molar-refractivity contribution in [2.24, 2.45) is 17.0 Å². The summed E-state index contributed by atoms with van der Waals surface area (Å²) in [7, 11) is 0. The fraction of sp³-hybridized carbons (Fsp3) is 0.652. The number of oxime groups is 1. The third kappa shape index (κ3) is 8.48. The van der Waals surface area contributed by atoms with Crippen LogP contribution in [0.2, 0.25) is 0 Å². The maximum atomic E-state index is 12.8. The Morgan fingerprint density at radius 3 is 2.70 bits per heavy atom. The van der Waals surface area contributed by atoms with Crippen molar-refractivity contribution in [3.63, 3.8) is 0 Å². The van der Waals surface area contributed by atoms with Crippen molar-refractivity contribution in [3.05, 3.63) is 35.1 Å². The van der Waals surface area contributed by atoms with Crippen LogP contribution in [0.25, 0.3) is 0 Å². The number of hydrogen-bond acceptors (Lipinski definition) is 6. The summed E-state index contributed by atoms with van der Waals surface area (Å²) in [6, 6.07) is 0. The van der Waals surface area contributed by atoms with Gasteiger partial charge >= 0.3 is 0 Å². The number of hydrogen-bond donors (Lipinski definition) is 1. The first-order valence-corrected chi connectivity index (χ1v) is 12.2. The van der Waals surface area contributed by atoms with Gasteiger partial charge in [-0.25, -0.2) is 0 Å². The van der Waals surface area contributed by atoms with Gasteiger partial charge in [-0.15, -0.1) is 0 Å². The first-order chi connectivity index (χ1) is 14.5. The van der Waals surface area contributed by atoms with Gasteiger partial charge in [-0.2, -0.15) is 11.8 Å². The highest BCUT2D eigenvalue weighted by Gasteiger charge is 2.32. The van der Waals surface area contributed by atoms with Crippen LogP contribution in [0.3, 0.4) is 0 Å². The first kappa shape index (κ1) is 25.0. The third-order valence-corrected chi connectivity index (χ3v) is 6.89. The number of rotatable bonds is 13. The summed E-state index contributed by atoms with van der Waals surface area (Å²) in [5.41, 5.74) is 2.23. The number of ketones is 1. The van der Waals surface area contributed by atoms with Crippen LogP contribution in [-0.4, -0.2) is 46.9 Å². The third-order valence-electron chi connectivity index (χ3n) is 5.10. The zero-order chi connectivity index (χ0) is 21.9. The molecule has 2 aliphatic rings. The van der Waals surface area contributed by atoms with Gasteiger partial charge in [-0.05, 0) is 43.4 Å². The van der Waals surface area contributed by atoms with E-state index in [1.165, 1.54) is 18.4 Å². The molecule has 0 heterocycles. The van der Waals surface area contributed by atoms with Gasteiger partial charge in [0.25, 0.3) is 0 Å². The average molecular weight is 456 g/mol. The maximum absolute atomic E-state index is 12.8. The van der Waals surface area contributed by atoms with E-state index in [-0.39, 0.29) is 36.1 Å². The first-order valence-electron chi connectivity index (χ1n) is 10.7. The van der Waals surface area contributed by atoms with Crippen LogP contribution in [-0.2, 0) is 14.4 Å². The van der Waals surface area contributed by atoms with E-state index in [1.807, 2.05) is 44.7 Å². The molecule has 1 fully saturated rings. The van der Waals surface area contributed by atoms with Crippen molar-refractivity contribution in [3.8, 4) is 0 Å². The fourth-order valence-electron chi connectivity index (χ4n) is 3.18. The molecular formula is C23H34ClNO4S. The highest BCUT2D eigenvalue weighted by atomic mass is 35.5. The SMILES string of the molecule is C/C=C/C/C(=N\OCC(OC/C=C/Cl)C(C)C)C1=C(O)CC(CSC2CC2)CC1=O. The summed E-state index contributed by atoms with van der Waals surface area (Å²) in [5.74, 6) is 1.45. The van der Waals surface area contributed by atoms with Gasteiger partial charge in [0.15, 0.2) is 5.78 Å². The number of Topliss-reactive ketones (excluding diaryl/α,β-unsaturated/α-hetero) is 1. The number of aliphatic hydroxyl groups excluding tert-OH is 1. The molecule has 0 aromatic rings. The minimum atomic E-state index is -0.155. The van der Waals surface area contributed by atoms with Crippen LogP contribution in [0.4, 0.5) is 0 Å². The Balaban J connectivity index is 2.04. The van der Waals surface area contributed by atoms with Gasteiger partial charge in [0.2, 0.25) is 0 Å². The van der Waals surface area contributed by atoms with Crippen LogP contribution in [0.1, 0.15) is 52.9 Å². The molecule has 0 spiro atoms. The number of allylic oxidation sites excluding steroid dienone is 4. The minimum Gasteiger partial charge on any atom is -0.511 e. The summed E-state index contributed by atoms with van der Waals surface area (Å²) in [6.45, 7) is 6.66. The van der Waals surface area contributed by atoms with E-state index in [9.17, 15) is 9.90 Å². The van der Waals surface area contributed by atoms with Gasteiger partial charge < -0.3 is 14.7 Å². The van der Waals surface area contributed by atoms with Gasteiger partial charge in [-0.1, -0.05) is 42.8 Å². The molecule has 2 rings (SSSR count). The van der Waals surface area contributed by atoms with Crippen LogP contribution in [0.15, 0.2) is 40.3 Å². The molecule has 0 radical (unpaired) electrons. The van der Waals surface area contributed by atoms with E-state index in [1.54, 1.807) is 6.08 Å². The standard InChI is InChI=1S/C23H34ClNO4S/c1-4-5-7-19(25-29-14-22(16(2)3)28-11-6-10-24)23-20(26)12-17(13-21(23)27)15-30-18-8-9-18/h4-6,10,16-18,22,26H,7-9,11-15H2,1-3H3/b5-4+,10-6+,25-19+. The second-order valence-electron chi connectivity index (χ2n) is 8.14. The van der Waals surface area contributed by atoms with Gasteiger partial charge in [-0.3, -0.25) is 4.79 Å². The van der Waals surface area contributed by atoms with Crippen molar-refractivity contribution in [1.82, 2.24) is 0 Å². The van der Waals surface area contributed by atoms with Crippen LogP contribution >= 0.6 is 23.4 Å². The zero-order valence-corrected chi connectivity index (χ0v) is 19.8. The zero-order valence-electron chi connectivity index (χ0n) is 18.2. The van der Waals surface area contributed by atoms with E-state index < -0.39 is 0 Å². The van der Waals surface area contributed by atoms with Gasteiger partial charge in [0, 0.05) is 30.0 Å². The van der Waals surface area contributed by atoms with Crippen molar-refractivity contribution in [2.75, 3.05) is 19.0 Å². The second kappa shape index (κ2) is 13.2. The lowest BCUT2D eigenvalue weighted by Gasteiger charge is -2.24. The molecular weight excluding hydrogens is 422 g/mol. The van der Waals surface area contributed by atoms with E-state index in [0.29, 0.717) is 37.2 Å². The number of thioether (sulfide) groups is 1. The predicted molar refractivity (Wildman–Crippen MR) is 125 cm³/mol. The number of carbonyl (C=O) groups excluding carboxylic acids is 1. The molecule has 2 aliphatic carbocycles. The molecule has 1 N–H and O–H groups in total. The molecule has 1 saturated carbocycles. The van der Waals surface area contributed by atoms with Crippen LogP contribution < -0.4 is 0 Å². The lowest BCUT2D eigenvalue weighted by molar-refractivity contribution is -0.116. The Morgan fingerprint density at radius 1 is 1.33 bits per heavy atom. The highest BCUT2D eigenvalue weighted by Crippen LogP contribution is 2.38. The summed E-state index contributed by atoms with van der Waals surface area (Å²) in [5, 5.41) is 15.6. The van der Waals surface area contributed by atoms with Crippen molar-refractivity contribution in [2.45, 2.75) is 64.2 Å². The Morgan fingerprint density at radius 2 is 2.10 bits per heavy atom. The molecule has 30 heavy (non-hydrogen) atoms. The van der Waals surface area contributed by atoms with Crippen molar-refractivity contribution in [1.29, 1.82) is 0 Å². The Hall–Kier alpha value is -1.24. The Kier molecular flexibility index (Phi) is 11.0. The highest BCUT2D eigenvalue weighted by molar-refractivity contribution is 8.00. The van der Waals surface area contributed by atoms with Crippen molar-refractivity contribution < 1.29 is 19.5 Å². The minimum absolute atomic E-state index is 0.0455. The number of halogens is 1. The largest absolute Gasteiger partial charge is 0.511 e. The molecule has 2 atom stereocenters. The molecule has 0 saturated heterocycles. The maximum Gasteiger partial charge on any atom is 0.168 e. The topological polar surface area (TPSA) is 68.1 Å². The average Bonchev–Trinajstić information content (AvgIpc) is 3.52. The molecule has 0 aliphatic heterocycles. The Bertz CT molecular complexity index is 683. The molecule has 0 amide bonds. The number of carbonyl (C=O) groups is 1. The molecule has 0 aromatic carbocycles. The number of ether oxygens (including phenoxy) is 1.